The van der Waals surface area contributed by atoms with Crippen molar-refractivity contribution in [1.82, 2.24) is 14.8 Å². The summed E-state index contributed by atoms with van der Waals surface area (Å²) in [5.74, 6) is -0.365. The highest BCUT2D eigenvalue weighted by molar-refractivity contribution is 5.89. The van der Waals surface area contributed by atoms with Crippen molar-refractivity contribution < 1.29 is 32.3 Å². The van der Waals surface area contributed by atoms with Crippen molar-refractivity contribution in [1.29, 1.82) is 0 Å². The van der Waals surface area contributed by atoms with E-state index in [2.05, 4.69) is 30.7 Å². The fourth-order valence-corrected chi connectivity index (χ4v) is 3.53. The van der Waals surface area contributed by atoms with Gasteiger partial charge in [0.05, 0.1) is 5.69 Å². The third kappa shape index (κ3) is 6.73. The van der Waals surface area contributed by atoms with Crippen LogP contribution in [0.3, 0.4) is 0 Å². The maximum Gasteiger partial charge on any atom is 0.490 e. The molecule has 1 aromatic heterocycles. The Bertz CT molecular complexity index is 718. The normalized spacial score (nSPS) is 20.1. The number of piperidine rings is 1. The Hall–Kier alpha value is -2.10. The van der Waals surface area contributed by atoms with E-state index in [4.69, 9.17) is 14.3 Å². The Labute approximate surface area is 167 Å². The number of fused-ring (bicyclic) bond motifs is 1. The number of carbonyl (C=O) groups is 2. The molecular formula is C19H28F3N3O4. The highest BCUT2D eigenvalue weighted by atomic mass is 19.4. The number of rotatable bonds is 3. The van der Waals surface area contributed by atoms with Crippen molar-refractivity contribution >= 4 is 11.9 Å². The minimum Gasteiger partial charge on any atom is -0.475 e. The quantitative estimate of drug-likeness (QED) is 0.810. The van der Waals surface area contributed by atoms with Gasteiger partial charge in [-0.3, -0.25) is 9.69 Å². The van der Waals surface area contributed by atoms with Crippen LogP contribution in [0.4, 0.5) is 13.2 Å². The van der Waals surface area contributed by atoms with Gasteiger partial charge in [0.15, 0.2) is 0 Å². The number of alkyl halides is 3. The lowest BCUT2D eigenvalue weighted by Gasteiger charge is -2.29. The van der Waals surface area contributed by atoms with Crippen LogP contribution < -0.4 is 0 Å². The summed E-state index contributed by atoms with van der Waals surface area (Å²) in [5.41, 5.74) is 0.959. The molecule has 1 atom stereocenters. The predicted octanol–water partition coefficient (Wildman–Crippen LogP) is 3.19. The van der Waals surface area contributed by atoms with Gasteiger partial charge in [-0.2, -0.15) is 13.2 Å². The summed E-state index contributed by atoms with van der Waals surface area (Å²) < 4.78 is 37.5. The molecular weight excluding hydrogens is 391 g/mol. The molecule has 3 rings (SSSR count). The molecule has 1 N–H and O–H groups in total. The number of nitrogens with zero attached hydrogens (tertiary/aromatic N) is 3. The van der Waals surface area contributed by atoms with E-state index in [9.17, 15) is 18.0 Å². The number of aliphatic carboxylic acids is 1. The van der Waals surface area contributed by atoms with Crippen LogP contribution in [-0.4, -0.2) is 64.1 Å². The lowest BCUT2D eigenvalue weighted by Crippen LogP contribution is -2.39. The van der Waals surface area contributed by atoms with Gasteiger partial charge in [-0.1, -0.05) is 20.8 Å². The fourth-order valence-electron chi connectivity index (χ4n) is 3.53. The van der Waals surface area contributed by atoms with Gasteiger partial charge < -0.3 is 14.4 Å². The first-order valence-corrected chi connectivity index (χ1v) is 9.77. The van der Waals surface area contributed by atoms with Gasteiger partial charge in [0.1, 0.15) is 5.76 Å². The molecule has 0 aromatic carbocycles. The van der Waals surface area contributed by atoms with Gasteiger partial charge in [0, 0.05) is 39.1 Å². The van der Waals surface area contributed by atoms with Gasteiger partial charge in [-0.15, -0.1) is 0 Å². The van der Waals surface area contributed by atoms with Crippen LogP contribution in [0.2, 0.25) is 0 Å². The summed E-state index contributed by atoms with van der Waals surface area (Å²) in [6, 6.07) is 0. The molecule has 0 saturated carbocycles. The maximum atomic E-state index is 12.6. The van der Waals surface area contributed by atoms with Crippen LogP contribution in [0, 0.1) is 11.8 Å². The Morgan fingerprint density at radius 2 is 1.97 bits per heavy atom. The van der Waals surface area contributed by atoms with Gasteiger partial charge in [-0.05, 0) is 24.7 Å². The SMILES string of the molecule is CC(C)CN1CCc2oc(C(=O)N3CCCC(C)C3)nc2C1.O=C(O)C(F)(F)F. The lowest BCUT2D eigenvalue weighted by atomic mass is 10.0. The molecule has 1 fully saturated rings. The number of aromatic nitrogens is 1. The van der Waals surface area contributed by atoms with E-state index in [1.54, 1.807) is 0 Å². The topological polar surface area (TPSA) is 86.9 Å². The van der Waals surface area contributed by atoms with Crippen molar-refractivity contribution in [3.05, 3.63) is 17.3 Å². The smallest absolute Gasteiger partial charge is 0.475 e. The van der Waals surface area contributed by atoms with E-state index >= 15 is 0 Å². The van der Waals surface area contributed by atoms with Crippen LogP contribution in [-0.2, 0) is 17.8 Å². The number of carbonyl (C=O) groups excluding carboxylic acids is 1. The number of halogens is 3. The van der Waals surface area contributed by atoms with Gasteiger partial charge in [-0.25, -0.2) is 9.78 Å². The molecule has 164 valence electrons. The summed E-state index contributed by atoms with van der Waals surface area (Å²) in [4.78, 5) is 30.3. The van der Waals surface area contributed by atoms with Gasteiger partial charge in [0.25, 0.3) is 5.89 Å². The molecule has 1 unspecified atom stereocenters. The van der Waals surface area contributed by atoms with E-state index in [1.165, 1.54) is 6.42 Å². The number of amides is 1. The Kier molecular flexibility index (Phi) is 7.67. The number of hydrogen-bond donors (Lipinski definition) is 1. The van der Waals surface area contributed by atoms with Gasteiger partial charge >= 0.3 is 18.1 Å². The second-order valence-electron chi connectivity index (χ2n) is 8.07. The minimum absolute atomic E-state index is 0.0311. The predicted molar refractivity (Wildman–Crippen MR) is 98.3 cm³/mol. The largest absolute Gasteiger partial charge is 0.490 e. The molecule has 2 aliphatic rings. The molecule has 7 nitrogen and oxygen atoms in total. The summed E-state index contributed by atoms with van der Waals surface area (Å²) >= 11 is 0. The van der Waals surface area contributed by atoms with E-state index < -0.39 is 12.1 Å². The second kappa shape index (κ2) is 9.60. The summed E-state index contributed by atoms with van der Waals surface area (Å²) in [5, 5.41) is 7.12. The fraction of sp³-hybridized carbons (Fsp3) is 0.737. The van der Waals surface area contributed by atoms with E-state index in [-0.39, 0.29) is 5.91 Å². The number of carboxylic acids is 1. The molecule has 1 aromatic rings. The van der Waals surface area contributed by atoms with Crippen molar-refractivity contribution in [2.75, 3.05) is 26.2 Å². The molecule has 3 heterocycles. The summed E-state index contributed by atoms with van der Waals surface area (Å²) in [6.45, 7) is 11.2. The molecule has 0 aliphatic carbocycles. The van der Waals surface area contributed by atoms with E-state index in [0.717, 1.165) is 57.0 Å². The summed E-state index contributed by atoms with van der Waals surface area (Å²) in [7, 11) is 0. The monoisotopic (exact) mass is 419 g/mol. The van der Waals surface area contributed by atoms with Crippen LogP contribution >= 0.6 is 0 Å². The third-order valence-corrected chi connectivity index (χ3v) is 4.80. The first kappa shape index (κ1) is 23.2. The molecule has 2 aliphatic heterocycles. The zero-order chi connectivity index (χ0) is 21.8. The maximum absolute atomic E-state index is 12.6. The van der Waals surface area contributed by atoms with Crippen molar-refractivity contribution in [2.45, 2.75) is 52.8 Å². The van der Waals surface area contributed by atoms with Crippen LogP contribution in [0.25, 0.3) is 0 Å². The average molecular weight is 419 g/mol. The first-order chi connectivity index (χ1) is 13.5. The Balaban J connectivity index is 0.000000370. The minimum atomic E-state index is -5.08. The molecule has 0 spiro atoms. The zero-order valence-corrected chi connectivity index (χ0v) is 17.0. The zero-order valence-electron chi connectivity index (χ0n) is 17.0. The number of carboxylic acid groups (broad SMARTS) is 1. The van der Waals surface area contributed by atoms with Crippen LogP contribution in [0.15, 0.2) is 4.42 Å². The van der Waals surface area contributed by atoms with Gasteiger partial charge in [0.2, 0.25) is 0 Å². The molecule has 1 amide bonds. The molecule has 1 saturated heterocycles. The third-order valence-electron chi connectivity index (χ3n) is 4.80. The highest BCUT2D eigenvalue weighted by Gasteiger charge is 2.38. The van der Waals surface area contributed by atoms with Crippen LogP contribution in [0.5, 0.6) is 0 Å². The first-order valence-electron chi connectivity index (χ1n) is 9.77. The average Bonchev–Trinajstić information content (AvgIpc) is 3.03. The van der Waals surface area contributed by atoms with E-state index in [0.29, 0.717) is 17.7 Å². The van der Waals surface area contributed by atoms with Crippen molar-refractivity contribution in [3.8, 4) is 0 Å². The molecule has 0 bridgehead atoms. The molecule has 10 heteroatoms. The molecule has 0 radical (unpaired) electrons. The van der Waals surface area contributed by atoms with Crippen LogP contribution in [0.1, 0.15) is 55.8 Å². The second-order valence-corrected chi connectivity index (χ2v) is 8.07. The lowest BCUT2D eigenvalue weighted by molar-refractivity contribution is -0.192. The number of likely N-dealkylation sites (tertiary alicyclic amines) is 1. The van der Waals surface area contributed by atoms with Crippen molar-refractivity contribution in [3.63, 3.8) is 0 Å². The van der Waals surface area contributed by atoms with Crippen molar-refractivity contribution in [2.24, 2.45) is 11.8 Å². The standard InChI is InChI=1S/C17H27N3O2.C2HF3O2/c1-12(2)9-19-8-6-15-14(11-19)18-16(22-15)17(21)20-7-4-5-13(3)10-20;3-2(4,5)1(6)7/h12-13H,4-11H2,1-3H3;(H,6,7). The molecule has 29 heavy (non-hydrogen) atoms. The highest BCUT2D eigenvalue weighted by Crippen LogP contribution is 2.23. The summed E-state index contributed by atoms with van der Waals surface area (Å²) in [6.07, 6.45) is -1.94. The number of hydrogen-bond acceptors (Lipinski definition) is 5. The van der Waals surface area contributed by atoms with E-state index in [1.807, 2.05) is 4.90 Å². The number of oxazole rings is 1. The Morgan fingerprint density at radius 1 is 1.31 bits per heavy atom. The Morgan fingerprint density at radius 3 is 2.52 bits per heavy atom.